The van der Waals surface area contributed by atoms with Gasteiger partial charge in [0.15, 0.2) is 0 Å². The lowest BCUT2D eigenvalue weighted by Gasteiger charge is -1.57. The third-order valence-electron chi connectivity index (χ3n) is 0. The Hall–Kier alpha value is 0.440. The van der Waals surface area contributed by atoms with Crippen molar-refractivity contribution >= 4 is 19.8 Å². The molecule has 0 saturated heterocycles. The van der Waals surface area contributed by atoms with Gasteiger partial charge in [-0.15, -0.1) is 0 Å². The molecule has 1 N–H and O–H groups in total. The van der Waals surface area contributed by atoms with Gasteiger partial charge >= 0.3 is 0 Å². The van der Waals surface area contributed by atoms with Crippen molar-refractivity contribution in [2.24, 2.45) is 0 Å². The lowest BCUT2D eigenvalue weighted by Crippen LogP contribution is -1.81. The fourth-order valence-electron chi connectivity index (χ4n) is 0. The van der Waals surface area contributed by atoms with Gasteiger partial charge in [0.1, 0.15) is 0 Å². The molecule has 2 nitrogen and oxygen atoms in total. The smallest absolute Gasteiger partial charge is 0.0437 e. The highest BCUT2D eigenvalue weighted by Crippen LogP contribution is 1.26. The van der Waals surface area contributed by atoms with E-state index in [2.05, 4.69) is 19.8 Å². The van der Waals surface area contributed by atoms with Crippen LogP contribution in [0, 0.1) is 0 Å². The lowest BCUT2D eigenvalue weighted by molar-refractivity contribution is -0.325. The van der Waals surface area contributed by atoms with Crippen molar-refractivity contribution in [3.8, 4) is 0 Å². The highest BCUT2D eigenvalue weighted by Gasteiger charge is 0.655. The second-order valence-corrected chi connectivity index (χ2v) is 0. The summed E-state index contributed by atoms with van der Waals surface area (Å²) in [6.45, 7) is 0. The maximum atomic E-state index is 8.25. The normalized spacial score (nSPS) is 1.67. The quantitative estimate of drug-likeness (QED) is 0.432. The van der Waals surface area contributed by atoms with E-state index in [1.807, 2.05) is 0 Å². The summed E-state index contributed by atoms with van der Waals surface area (Å²) in [6.07, 6.45) is 0. The molecule has 0 aliphatic carbocycles. The summed E-state index contributed by atoms with van der Waals surface area (Å²) < 4.78 is 0. The van der Waals surface area contributed by atoms with Crippen molar-refractivity contribution in [2.75, 3.05) is 7.11 Å². The van der Waals surface area contributed by atoms with Crippen molar-refractivity contribution in [3.63, 3.8) is 0 Å². The molecule has 4 heteroatoms. The highest BCUT2D eigenvalue weighted by molar-refractivity contribution is 7.88. The number of hydrogen-bond acceptors (Lipinski definition) is 3. The van der Waals surface area contributed by atoms with Crippen molar-refractivity contribution in [1.82, 2.24) is 0 Å². The average molecular weight is 128 g/mol. The highest BCUT2D eigenvalue weighted by atomic mass is 32.4. The molecule has 0 heterocycles. The predicted molar refractivity (Wildman–Crippen MR) is 30.3 cm³/mol. The Balaban J connectivity index is -0.00000000500. The van der Waals surface area contributed by atoms with Crippen LogP contribution in [0.15, 0.2) is 0 Å². The Kier molecular flexibility index (Phi) is 2960. The third kappa shape index (κ3) is 271. The molecule has 0 aromatic rings. The van der Waals surface area contributed by atoms with Crippen LogP contribution in [0.2, 0.25) is 0 Å². The van der Waals surface area contributed by atoms with Gasteiger partial charge in [-0.25, -0.2) is 0 Å². The largest absolute Gasteiger partial charge is 0.870 e. The van der Waals surface area contributed by atoms with Crippen LogP contribution in [0.25, 0.3) is 0 Å². The van der Waals surface area contributed by atoms with E-state index in [-0.39, 0.29) is 12.9 Å². The zero-order valence-corrected chi connectivity index (χ0v) is 4.58. The third-order valence-corrected chi connectivity index (χ3v) is 0. The summed E-state index contributed by atoms with van der Waals surface area (Å²) in [6, 6.07) is 0. The van der Waals surface area contributed by atoms with Gasteiger partial charge in [0.05, 0.1) is 0 Å². The van der Waals surface area contributed by atoms with Crippen LogP contribution in [-0.4, -0.2) is 12.6 Å². The minimum atomic E-state index is 0. The van der Waals surface area contributed by atoms with Crippen molar-refractivity contribution in [3.05, 3.63) is 0 Å². The van der Waals surface area contributed by atoms with Crippen molar-refractivity contribution in [1.29, 1.82) is 0 Å². The molecule has 0 unspecified atom stereocenters. The molecule has 0 aromatic heterocycles. The zero-order chi connectivity index (χ0) is 4.00. The second-order valence-electron chi connectivity index (χ2n) is 0. The van der Waals surface area contributed by atoms with E-state index in [1.165, 1.54) is 0 Å². The average Bonchev–Trinajstić information content (AvgIpc) is 1.50. The van der Waals surface area contributed by atoms with Gasteiger partial charge in [0.25, 0.3) is 0 Å². The Morgan fingerprint density at radius 2 is 1.33 bits per heavy atom. The van der Waals surface area contributed by atoms with E-state index in [4.69, 9.17) is 5.11 Å². The van der Waals surface area contributed by atoms with Crippen LogP contribution in [0.3, 0.4) is 0 Å². The second kappa shape index (κ2) is 554. The van der Waals surface area contributed by atoms with Crippen molar-refractivity contribution < 1.29 is 10.6 Å². The van der Waals surface area contributed by atoms with Gasteiger partial charge < -0.3 is 10.6 Å². The van der Waals surface area contributed by atoms with Crippen LogP contribution in [-0.2, 0) is 11.8 Å². The molecule has 0 aliphatic heterocycles. The first kappa shape index (κ1) is 32.0. The molecule has 0 atom stereocenters. The fourth-order valence-corrected chi connectivity index (χ4v) is 0. The van der Waals surface area contributed by atoms with Gasteiger partial charge in [0.2, 0.25) is 0 Å². The molecule has 0 aromatic carbocycles. The number of rotatable bonds is 0. The summed E-state index contributed by atoms with van der Waals surface area (Å²) >= 11 is 3.89. The Bertz CT molecular complexity index is 11.5. The molecule has 6 heavy (non-hydrogen) atoms. The summed E-state index contributed by atoms with van der Waals surface area (Å²) in [7, 11) is 3.31. The summed E-state index contributed by atoms with van der Waals surface area (Å²) in [4.78, 5) is 0. The molecule has 0 spiro atoms. The first-order chi connectivity index (χ1) is 2.00. The van der Waals surface area contributed by atoms with Crippen molar-refractivity contribution in [2.45, 2.75) is 7.43 Å². The summed E-state index contributed by atoms with van der Waals surface area (Å²) in [5, 5.41) is 8.25. The van der Waals surface area contributed by atoms with E-state index >= 15 is 0 Å². The van der Waals surface area contributed by atoms with Crippen LogP contribution >= 0.6 is 8.02 Å². The molecule has 0 fully saturated rings. The molecule has 0 aliphatic rings. The van der Waals surface area contributed by atoms with E-state index in [0.717, 1.165) is 7.11 Å². The van der Waals surface area contributed by atoms with Crippen LogP contribution < -0.4 is 5.11 Å². The first-order valence-corrected chi connectivity index (χ1v) is 2.25. The molecule has 0 radical (unpaired) electrons. The standard InChI is InChI=1S/CH3O.CH4.H2O.HPS/c1-2;;;1-2/h1H3;1H4;1H2;1H/q-1;;;/p-1. The molecule has 0 saturated carbocycles. The molecule has 0 rings (SSSR count). The van der Waals surface area contributed by atoms with Gasteiger partial charge in [-0.05, 0) is 8.02 Å². The Morgan fingerprint density at radius 3 is 1.33 bits per heavy atom. The maximum absolute atomic E-state index is 8.25. The molecule has 42 valence electrons. The minimum Gasteiger partial charge on any atom is -0.870 e. The van der Waals surface area contributed by atoms with E-state index < -0.39 is 0 Å². The number of hydrogen-bond donors (Lipinski definition) is 0. The molecular weight excluding hydrogens is 119 g/mol. The summed E-state index contributed by atoms with van der Waals surface area (Å²) in [5.74, 6) is 0. The van der Waals surface area contributed by atoms with Crippen LogP contribution in [0.4, 0.5) is 0 Å². The van der Waals surface area contributed by atoms with Crippen LogP contribution in [0.1, 0.15) is 7.43 Å². The van der Waals surface area contributed by atoms with Gasteiger partial charge in [-0.2, -0.15) is 7.11 Å². The topological polar surface area (TPSA) is 53.1 Å². The fraction of sp³-hybridized carbons (Fsp3) is 1.00. The van der Waals surface area contributed by atoms with E-state index in [0.29, 0.717) is 0 Å². The van der Waals surface area contributed by atoms with Gasteiger partial charge in [-0.3, -0.25) is 0 Å². The Labute approximate surface area is 45.8 Å². The monoisotopic (exact) mass is 128 g/mol. The maximum Gasteiger partial charge on any atom is -0.0437 e. The van der Waals surface area contributed by atoms with Crippen LogP contribution in [0.5, 0.6) is 0 Å². The zero-order valence-electron chi connectivity index (χ0n) is 2.76. The molecule has 0 bridgehead atoms. The van der Waals surface area contributed by atoms with E-state index in [1.54, 1.807) is 0 Å². The molecule has 0 amide bonds. The SMILES string of the molecule is C.C[O-].P=S.[OH-]. The molecular formula is C2H9O2PS-2. The van der Waals surface area contributed by atoms with Gasteiger partial charge in [0, 0.05) is 0 Å². The van der Waals surface area contributed by atoms with Gasteiger partial charge in [-0.1, -0.05) is 19.2 Å². The predicted octanol–water partition coefficient (Wildman–Crippen LogP) is 0.0269. The minimum absolute atomic E-state index is 0. The Morgan fingerprint density at radius 1 is 1.33 bits per heavy atom. The lowest BCUT2D eigenvalue weighted by atomic mass is 11.8. The first-order valence-electron chi connectivity index (χ1n) is 0.612. The summed E-state index contributed by atoms with van der Waals surface area (Å²) in [5.41, 5.74) is 0. The van der Waals surface area contributed by atoms with E-state index in [9.17, 15) is 0 Å².